The lowest BCUT2D eigenvalue weighted by atomic mass is 9.93. The van der Waals surface area contributed by atoms with Crippen molar-refractivity contribution in [2.45, 2.75) is 58.9 Å². The zero-order valence-corrected chi connectivity index (χ0v) is 13.8. The van der Waals surface area contributed by atoms with Gasteiger partial charge in [-0.2, -0.15) is 0 Å². The quantitative estimate of drug-likeness (QED) is 0.759. The van der Waals surface area contributed by atoms with Crippen molar-refractivity contribution in [3.63, 3.8) is 0 Å². The lowest BCUT2D eigenvalue weighted by Gasteiger charge is -2.25. The number of unbranched alkanes of at least 4 members (excludes halogenated alkanes) is 1. The minimum atomic E-state index is 0.199. The first kappa shape index (κ1) is 17.0. The second-order valence-electron chi connectivity index (χ2n) is 6.69. The molecule has 0 spiro atoms. The van der Waals surface area contributed by atoms with E-state index in [9.17, 15) is 0 Å². The van der Waals surface area contributed by atoms with Crippen LogP contribution in [0.1, 0.15) is 52.5 Å². The molecule has 0 aromatic heterocycles. The van der Waals surface area contributed by atoms with Gasteiger partial charge >= 0.3 is 0 Å². The van der Waals surface area contributed by atoms with Gasteiger partial charge in [0.2, 0.25) is 0 Å². The molecular formula is C18H31NO. The van der Waals surface area contributed by atoms with Gasteiger partial charge in [-0.1, -0.05) is 31.9 Å². The van der Waals surface area contributed by atoms with Crippen LogP contribution in [0.25, 0.3) is 0 Å². The summed E-state index contributed by atoms with van der Waals surface area (Å²) < 4.78 is 5.22. The van der Waals surface area contributed by atoms with E-state index in [4.69, 9.17) is 4.74 Å². The summed E-state index contributed by atoms with van der Waals surface area (Å²) in [6, 6.07) is 8.50. The summed E-state index contributed by atoms with van der Waals surface area (Å²) in [6.45, 7) is 10.1. The van der Waals surface area contributed by atoms with Crippen molar-refractivity contribution in [3.05, 3.63) is 29.8 Å². The minimum absolute atomic E-state index is 0.199. The zero-order chi connectivity index (χ0) is 15.0. The van der Waals surface area contributed by atoms with Crippen molar-refractivity contribution in [2.75, 3.05) is 13.7 Å². The molecule has 0 saturated heterocycles. The molecule has 1 aromatic rings. The van der Waals surface area contributed by atoms with Crippen molar-refractivity contribution in [2.24, 2.45) is 5.92 Å². The standard InChI is InChI=1S/C18H31NO/c1-6-7-8-16(14-19-18(2,3)4)13-15-9-11-17(20-5)12-10-15/h9-12,16,19H,6-8,13-14H2,1-5H3. The van der Waals surface area contributed by atoms with Gasteiger partial charge in [0.25, 0.3) is 0 Å². The van der Waals surface area contributed by atoms with Crippen molar-refractivity contribution in [3.8, 4) is 5.75 Å². The summed E-state index contributed by atoms with van der Waals surface area (Å²) in [5.74, 6) is 1.65. The Morgan fingerprint density at radius 1 is 1.15 bits per heavy atom. The van der Waals surface area contributed by atoms with E-state index in [1.165, 1.54) is 24.8 Å². The number of benzene rings is 1. The van der Waals surface area contributed by atoms with Crippen LogP contribution in [0, 0.1) is 5.92 Å². The van der Waals surface area contributed by atoms with E-state index in [2.05, 4.69) is 57.3 Å². The highest BCUT2D eigenvalue weighted by Gasteiger charge is 2.14. The fourth-order valence-electron chi connectivity index (χ4n) is 2.31. The molecule has 114 valence electrons. The summed E-state index contributed by atoms with van der Waals surface area (Å²) >= 11 is 0. The first-order valence-electron chi connectivity index (χ1n) is 7.82. The molecule has 0 aliphatic carbocycles. The van der Waals surface area contributed by atoms with Gasteiger partial charge < -0.3 is 10.1 Å². The third-order valence-corrected chi connectivity index (χ3v) is 3.57. The zero-order valence-electron chi connectivity index (χ0n) is 13.8. The fraction of sp³-hybridized carbons (Fsp3) is 0.667. The van der Waals surface area contributed by atoms with Crippen LogP contribution in [-0.2, 0) is 6.42 Å². The molecular weight excluding hydrogens is 246 g/mol. The average molecular weight is 277 g/mol. The fourth-order valence-corrected chi connectivity index (χ4v) is 2.31. The Labute approximate surface area is 124 Å². The lowest BCUT2D eigenvalue weighted by Crippen LogP contribution is -2.39. The van der Waals surface area contributed by atoms with Crippen molar-refractivity contribution in [1.82, 2.24) is 5.32 Å². The van der Waals surface area contributed by atoms with Gasteiger partial charge in [0.1, 0.15) is 5.75 Å². The molecule has 20 heavy (non-hydrogen) atoms. The number of ether oxygens (including phenoxy) is 1. The number of methoxy groups -OCH3 is 1. The van der Waals surface area contributed by atoms with Gasteiger partial charge in [0, 0.05) is 5.54 Å². The van der Waals surface area contributed by atoms with Crippen molar-refractivity contribution < 1.29 is 4.74 Å². The molecule has 0 aliphatic rings. The summed E-state index contributed by atoms with van der Waals surface area (Å²) in [7, 11) is 1.71. The SMILES string of the molecule is CCCCC(CNC(C)(C)C)Cc1ccc(OC)cc1. The Hall–Kier alpha value is -1.02. The van der Waals surface area contributed by atoms with Gasteiger partial charge in [-0.05, 0) is 63.8 Å². The third kappa shape index (κ3) is 6.95. The molecule has 0 saturated carbocycles. The first-order valence-corrected chi connectivity index (χ1v) is 7.82. The Morgan fingerprint density at radius 3 is 2.30 bits per heavy atom. The summed E-state index contributed by atoms with van der Waals surface area (Å²) in [5.41, 5.74) is 1.60. The van der Waals surface area contributed by atoms with Crippen LogP contribution < -0.4 is 10.1 Å². The smallest absolute Gasteiger partial charge is 0.118 e. The van der Waals surface area contributed by atoms with Gasteiger partial charge in [0.05, 0.1) is 7.11 Å². The van der Waals surface area contributed by atoms with Crippen molar-refractivity contribution in [1.29, 1.82) is 0 Å². The monoisotopic (exact) mass is 277 g/mol. The third-order valence-electron chi connectivity index (χ3n) is 3.57. The van der Waals surface area contributed by atoms with E-state index in [0.29, 0.717) is 5.92 Å². The predicted octanol–water partition coefficient (Wildman–Crippen LogP) is 4.43. The molecule has 1 atom stereocenters. The minimum Gasteiger partial charge on any atom is -0.497 e. The molecule has 1 N–H and O–H groups in total. The first-order chi connectivity index (χ1) is 9.44. The van der Waals surface area contributed by atoms with Crippen LogP contribution in [0.15, 0.2) is 24.3 Å². The molecule has 0 heterocycles. The molecule has 0 fully saturated rings. The van der Waals surface area contributed by atoms with Crippen molar-refractivity contribution >= 4 is 0 Å². The van der Waals surface area contributed by atoms with Crippen LogP contribution in [-0.4, -0.2) is 19.2 Å². The van der Waals surface area contributed by atoms with E-state index in [1.807, 2.05) is 0 Å². The van der Waals surface area contributed by atoms with E-state index in [0.717, 1.165) is 18.7 Å². The van der Waals surface area contributed by atoms with Crippen LogP contribution in [0.4, 0.5) is 0 Å². The Morgan fingerprint density at radius 2 is 1.80 bits per heavy atom. The van der Waals surface area contributed by atoms with Gasteiger partial charge in [-0.15, -0.1) is 0 Å². The summed E-state index contributed by atoms with van der Waals surface area (Å²) in [5, 5.41) is 3.65. The molecule has 2 nitrogen and oxygen atoms in total. The molecule has 0 bridgehead atoms. The molecule has 0 amide bonds. The Kier molecular flexibility index (Phi) is 7.08. The molecule has 0 radical (unpaired) electrons. The number of hydrogen-bond donors (Lipinski definition) is 1. The topological polar surface area (TPSA) is 21.3 Å². The second kappa shape index (κ2) is 8.31. The Bertz CT molecular complexity index is 364. The second-order valence-corrected chi connectivity index (χ2v) is 6.69. The maximum absolute atomic E-state index is 5.22. The highest BCUT2D eigenvalue weighted by Crippen LogP contribution is 2.18. The molecule has 0 aliphatic heterocycles. The maximum Gasteiger partial charge on any atom is 0.118 e. The van der Waals surface area contributed by atoms with Crippen LogP contribution in [0.5, 0.6) is 5.75 Å². The lowest BCUT2D eigenvalue weighted by molar-refractivity contribution is 0.351. The maximum atomic E-state index is 5.22. The summed E-state index contributed by atoms with van der Waals surface area (Å²) in [6.07, 6.45) is 5.03. The molecule has 1 unspecified atom stereocenters. The van der Waals surface area contributed by atoms with E-state index in [1.54, 1.807) is 7.11 Å². The predicted molar refractivity (Wildman–Crippen MR) is 87.5 cm³/mol. The summed E-state index contributed by atoms with van der Waals surface area (Å²) in [4.78, 5) is 0. The molecule has 1 rings (SSSR count). The van der Waals surface area contributed by atoms with Gasteiger partial charge in [0.15, 0.2) is 0 Å². The van der Waals surface area contributed by atoms with Crippen LogP contribution >= 0.6 is 0 Å². The van der Waals surface area contributed by atoms with Crippen LogP contribution in [0.3, 0.4) is 0 Å². The highest BCUT2D eigenvalue weighted by molar-refractivity contribution is 5.27. The normalized spacial score (nSPS) is 13.2. The molecule has 2 heteroatoms. The Balaban J connectivity index is 2.57. The van der Waals surface area contributed by atoms with Gasteiger partial charge in [-0.3, -0.25) is 0 Å². The number of hydrogen-bond acceptors (Lipinski definition) is 2. The number of rotatable bonds is 8. The highest BCUT2D eigenvalue weighted by atomic mass is 16.5. The largest absolute Gasteiger partial charge is 0.497 e. The van der Waals surface area contributed by atoms with E-state index >= 15 is 0 Å². The van der Waals surface area contributed by atoms with Gasteiger partial charge in [-0.25, -0.2) is 0 Å². The van der Waals surface area contributed by atoms with E-state index < -0.39 is 0 Å². The number of nitrogens with one attached hydrogen (secondary N) is 1. The van der Waals surface area contributed by atoms with Crippen LogP contribution in [0.2, 0.25) is 0 Å². The van der Waals surface area contributed by atoms with E-state index in [-0.39, 0.29) is 5.54 Å². The average Bonchev–Trinajstić information content (AvgIpc) is 2.41. The molecule has 1 aromatic carbocycles.